The molecular weight excluding hydrogens is 842 g/mol. The van der Waals surface area contributed by atoms with Crippen molar-refractivity contribution in [2.24, 2.45) is 0 Å². The van der Waals surface area contributed by atoms with Gasteiger partial charge in [0.05, 0.1) is 34.4 Å². The second-order valence-electron chi connectivity index (χ2n) is 19.6. The van der Waals surface area contributed by atoms with Crippen LogP contribution >= 0.6 is 7.82 Å². The molecule has 0 bridgehead atoms. The summed E-state index contributed by atoms with van der Waals surface area (Å²) < 4.78 is 34.8. The molecule has 0 saturated carbocycles. The third kappa shape index (κ3) is 53.2. The number of allylic oxidation sites excluding steroid dienone is 10. The smallest absolute Gasteiger partial charge is 0.306 e. The number of carbonyl (C=O) groups excluding carboxylic acids is 1. The molecule has 0 heterocycles. The van der Waals surface area contributed by atoms with Gasteiger partial charge in [-0.25, -0.2) is 0 Å². The fourth-order valence-electron chi connectivity index (χ4n) is 7.63. The van der Waals surface area contributed by atoms with E-state index in [1.807, 2.05) is 21.1 Å². The molecule has 2 unspecified atom stereocenters. The number of carbonyl (C=O) groups is 1. The Morgan fingerprint density at radius 1 is 0.485 bits per heavy atom. The van der Waals surface area contributed by atoms with Crippen LogP contribution in [0.4, 0.5) is 0 Å². The van der Waals surface area contributed by atoms with Crippen molar-refractivity contribution in [1.82, 2.24) is 0 Å². The summed E-state index contributed by atoms with van der Waals surface area (Å²) in [6.45, 7) is 5.32. The molecule has 0 rings (SSSR count). The number of nitrogens with zero attached hydrogens (tertiary/aromatic N) is 1. The maximum absolute atomic E-state index is 12.8. The van der Waals surface area contributed by atoms with Gasteiger partial charge in [0.15, 0.2) is 0 Å². The zero-order valence-corrected chi connectivity index (χ0v) is 44.8. The molecule has 0 aliphatic carbocycles. The second-order valence-corrected chi connectivity index (χ2v) is 21.0. The zero-order chi connectivity index (χ0) is 48.3. The Balaban J connectivity index is 4.09. The molecule has 2 atom stereocenters. The molecule has 386 valence electrons. The molecule has 0 aliphatic heterocycles. The minimum absolute atomic E-state index is 0.0248. The SMILES string of the molecule is CC/C=C\C/C=C\C/C=C\C/C=C\C/C=C\CCCCCCCCCCCCOCC(COP(=O)([O-])OCC[N+](C)(C)C)OC(=O)CCCCCCCCCCCCCCCCCCCC. The number of rotatable bonds is 51. The van der Waals surface area contributed by atoms with Gasteiger partial charge in [0.1, 0.15) is 19.3 Å². The van der Waals surface area contributed by atoms with Crippen LogP contribution in [-0.2, 0) is 27.9 Å². The number of unbranched alkanes of at least 4 members (excludes halogenated alkanes) is 27. The Morgan fingerprint density at radius 2 is 0.879 bits per heavy atom. The molecule has 0 aromatic carbocycles. The van der Waals surface area contributed by atoms with Crippen molar-refractivity contribution in [1.29, 1.82) is 0 Å². The molecule has 9 heteroatoms. The molecule has 0 aromatic rings. The number of hydrogen-bond donors (Lipinski definition) is 0. The summed E-state index contributed by atoms with van der Waals surface area (Å²) in [7, 11) is 1.36. The van der Waals surface area contributed by atoms with E-state index in [0.717, 1.165) is 64.2 Å². The molecule has 0 amide bonds. The van der Waals surface area contributed by atoms with Crippen LogP contribution in [0.2, 0.25) is 0 Å². The molecule has 0 aromatic heterocycles. The summed E-state index contributed by atoms with van der Waals surface area (Å²) >= 11 is 0. The zero-order valence-electron chi connectivity index (χ0n) is 43.9. The largest absolute Gasteiger partial charge is 0.756 e. The molecule has 66 heavy (non-hydrogen) atoms. The molecule has 8 nitrogen and oxygen atoms in total. The van der Waals surface area contributed by atoms with Crippen LogP contribution in [0.25, 0.3) is 0 Å². The highest BCUT2D eigenvalue weighted by Crippen LogP contribution is 2.38. The quantitative estimate of drug-likeness (QED) is 0.0197. The van der Waals surface area contributed by atoms with Crippen LogP contribution in [0.1, 0.15) is 239 Å². The van der Waals surface area contributed by atoms with Crippen molar-refractivity contribution in [2.75, 3.05) is 54.1 Å². The number of quaternary nitrogens is 1. The lowest BCUT2D eigenvalue weighted by Crippen LogP contribution is -2.37. The maximum atomic E-state index is 12.8. The Morgan fingerprint density at radius 3 is 1.32 bits per heavy atom. The van der Waals surface area contributed by atoms with Gasteiger partial charge >= 0.3 is 5.97 Å². The lowest BCUT2D eigenvalue weighted by Gasteiger charge is -2.28. The second kappa shape index (κ2) is 49.6. The van der Waals surface area contributed by atoms with E-state index in [2.05, 4.69) is 74.6 Å². The van der Waals surface area contributed by atoms with Crippen molar-refractivity contribution < 1.29 is 37.3 Å². The van der Waals surface area contributed by atoms with E-state index >= 15 is 0 Å². The Labute approximate surface area is 409 Å². The highest BCUT2D eigenvalue weighted by Gasteiger charge is 2.20. The lowest BCUT2D eigenvalue weighted by atomic mass is 10.0. The summed E-state index contributed by atoms with van der Waals surface area (Å²) in [4.78, 5) is 25.2. The predicted molar refractivity (Wildman–Crippen MR) is 282 cm³/mol. The lowest BCUT2D eigenvalue weighted by molar-refractivity contribution is -0.870. The first kappa shape index (κ1) is 64.2. The molecule has 0 N–H and O–H groups in total. The average Bonchev–Trinajstić information content (AvgIpc) is 3.28. The summed E-state index contributed by atoms with van der Waals surface area (Å²) in [5.41, 5.74) is 0. The number of esters is 1. The van der Waals surface area contributed by atoms with Gasteiger partial charge in [-0.3, -0.25) is 9.36 Å². The fraction of sp³-hybridized carbons (Fsp3) is 0.807. The normalized spacial score (nSPS) is 14.0. The number of phosphoric acid groups is 1. The van der Waals surface area contributed by atoms with E-state index in [-0.39, 0.29) is 25.8 Å². The predicted octanol–water partition coefficient (Wildman–Crippen LogP) is 16.6. The van der Waals surface area contributed by atoms with Crippen LogP contribution in [0.5, 0.6) is 0 Å². The van der Waals surface area contributed by atoms with Crippen LogP contribution in [0, 0.1) is 0 Å². The van der Waals surface area contributed by atoms with Gasteiger partial charge in [0.25, 0.3) is 7.82 Å². The third-order valence-electron chi connectivity index (χ3n) is 11.8. The van der Waals surface area contributed by atoms with E-state index in [1.54, 1.807) is 0 Å². The molecule has 0 spiro atoms. The Kier molecular flexibility index (Phi) is 48.3. The minimum Gasteiger partial charge on any atom is -0.756 e. The highest BCUT2D eigenvalue weighted by molar-refractivity contribution is 7.45. The number of hydrogen-bond acceptors (Lipinski definition) is 7. The van der Waals surface area contributed by atoms with Crippen molar-refractivity contribution in [3.8, 4) is 0 Å². The topological polar surface area (TPSA) is 94.1 Å². The van der Waals surface area contributed by atoms with Gasteiger partial charge in [-0.2, -0.15) is 0 Å². The maximum Gasteiger partial charge on any atom is 0.306 e. The van der Waals surface area contributed by atoms with E-state index in [0.29, 0.717) is 24.1 Å². The van der Waals surface area contributed by atoms with E-state index < -0.39 is 13.9 Å². The molecule has 0 fully saturated rings. The molecule has 0 radical (unpaired) electrons. The van der Waals surface area contributed by atoms with E-state index in [9.17, 15) is 14.3 Å². The third-order valence-corrected chi connectivity index (χ3v) is 12.8. The van der Waals surface area contributed by atoms with Crippen molar-refractivity contribution in [3.63, 3.8) is 0 Å². The first-order valence-corrected chi connectivity index (χ1v) is 29.0. The first-order valence-electron chi connectivity index (χ1n) is 27.5. The highest BCUT2D eigenvalue weighted by atomic mass is 31.2. The molecule has 0 aliphatic rings. The standard InChI is InChI=1S/C57H106NO7P/c1-6-8-10-12-14-16-18-20-22-24-26-27-28-29-30-31-32-33-35-37-39-41-43-45-47-49-52-62-54-56(55-64-66(60,61)63-53-51-58(3,4)5)65-57(59)50-48-46-44-42-40-38-36-34-25-23-21-19-17-15-13-11-9-7-2/h8,10,14,16,20,22,26-27,29-30,56H,6-7,9,11-13,15,17-19,21,23-25,28,31-55H2,1-5H3/b10-8-,16-14-,22-20-,27-26-,30-29-. The van der Waals surface area contributed by atoms with Crippen LogP contribution in [-0.4, -0.2) is 70.7 Å². The fourth-order valence-corrected chi connectivity index (χ4v) is 8.36. The van der Waals surface area contributed by atoms with Gasteiger partial charge < -0.3 is 27.9 Å². The van der Waals surface area contributed by atoms with Crippen LogP contribution in [0.3, 0.4) is 0 Å². The Bertz CT molecular complexity index is 1240. The van der Waals surface area contributed by atoms with Gasteiger partial charge in [0.2, 0.25) is 0 Å². The number of phosphoric ester groups is 1. The number of likely N-dealkylation sites (N-methyl/N-ethyl adjacent to an activating group) is 1. The number of ether oxygens (including phenoxy) is 2. The van der Waals surface area contributed by atoms with Gasteiger partial charge in [-0.05, 0) is 57.8 Å². The average molecular weight is 948 g/mol. The van der Waals surface area contributed by atoms with E-state index in [4.69, 9.17) is 18.5 Å². The van der Waals surface area contributed by atoms with Gasteiger partial charge in [-0.1, -0.05) is 235 Å². The Hall–Kier alpha value is -1.80. The van der Waals surface area contributed by atoms with Crippen LogP contribution < -0.4 is 4.89 Å². The molecular formula is C57H106NO7P. The summed E-state index contributed by atoms with van der Waals surface area (Å²) in [5, 5.41) is 0. The van der Waals surface area contributed by atoms with E-state index in [1.165, 1.54) is 154 Å². The van der Waals surface area contributed by atoms with Gasteiger partial charge in [0, 0.05) is 13.0 Å². The van der Waals surface area contributed by atoms with Crippen molar-refractivity contribution >= 4 is 13.8 Å². The molecule has 0 saturated heterocycles. The first-order chi connectivity index (χ1) is 32.1. The van der Waals surface area contributed by atoms with Crippen molar-refractivity contribution in [2.45, 2.75) is 245 Å². The van der Waals surface area contributed by atoms with Crippen molar-refractivity contribution in [3.05, 3.63) is 60.8 Å². The summed E-state index contributed by atoms with van der Waals surface area (Å²) in [6.07, 6.45) is 63.9. The summed E-state index contributed by atoms with van der Waals surface area (Å²) in [5.74, 6) is -0.333. The van der Waals surface area contributed by atoms with Gasteiger partial charge in [-0.15, -0.1) is 0 Å². The van der Waals surface area contributed by atoms with Crippen LogP contribution in [0.15, 0.2) is 60.8 Å². The monoisotopic (exact) mass is 948 g/mol. The summed E-state index contributed by atoms with van der Waals surface area (Å²) in [6, 6.07) is 0. The minimum atomic E-state index is -4.53.